The number of rotatable bonds is 14. The van der Waals surface area contributed by atoms with Crippen LogP contribution in [0.25, 0.3) is 0 Å². The van der Waals surface area contributed by atoms with E-state index in [1.165, 1.54) is 49.7 Å². The van der Waals surface area contributed by atoms with Crippen LogP contribution in [0.15, 0.2) is 24.3 Å². The van der Waals surface area contributed by atoms with E-state index in [1.807, 2.05) is 6.92 Å². The van der Waals surface area contributed by atoms with Gasteiger partial charge in [-0.25, -0.2) is 4.57 Å². The van der Waals surface area contributed by atoms with Crippen molar-refractivity contribution in [3.05, 3.63) is 35.4 Å². The molecule has 0 heterocycles. The molecule has 0 radical (unpaired) electrons. The maximum absolute atomic E-state index is 10.9. The molecule has 3 N–H and O–H groups in total. The topological polar surface area (TPSA) is 78.8 Å². The van der Waals surface area contributed by atoms with Crippen LogP contribution >= 0.6 is 7.82 Å². The molecule has 1 aromatic rings. The molecule has 1 unspecified atom stereocenters. The highest BCUT2D eigenvalue weighted by atomic mass is 31.2. The van der Waals surface area contributed by atoms with Gasteiger partial charge in [0, 0.05) is 5.54 Å². The quantitative estimate of drug-likeness (QED) is 0.322. The predicted molar refractivity (Wildman–Crippen MR) is 107 cm³/mol. The van der Waals surface area contributed by atoms with Crippen LogP contribution in [0.2, 0.25) is 0 Å². The van der Waals surface area contributed by atoms with E-state index in [2.05, 4.69) is 41.0 Å². The van der Waals surface area contributed by atoms with Crippen LogP contribution in [0.5, 0.6) is 0 Å². The Hall–Kier alpha value is -0.710. The summed E-state index contributed by atoms with van der Waals surface area (Å²) in [6.07, 6.45) is 10.6. The van der Waals surface area contributed by atoms with Crippen molar-refractivity contribution in [3.63, 3.8) is 0 Å². The molecule has 0 spiro atoms. The molecule has 0 aliphatic heterocycles. The third-order valence-corrected chi connectivity index (χ3v) is 5.43. The monoisotopic (exact) mass is 385 g/mol. The largest absolute Gasteiger partial charge is 0.469 e. The second kappa shape index (κ2) is 11.9. The predicted octanol–water partition coefficient (Wildman–Crippen LogP) is 4.61. The number of aryl methyl sites for hydroxylation is 2. The second-order valence-corrected chi connectivity index (χ2v) is 8.65. The van der Waals surface area contributed by atoms with Gasteiger partial charge in [0.1, 0.15) is 0 Å². The number of phosphoric ester groups is 1. The SMILES string of the molecule is CCCCCCCCc1ccc(CCC(C)(COP(=O)(O)O)NC)cc1. The van der Waals surface area contributed by atoms with Crippen molar-refractivity contribution in [2.24, 2.45) is 0 Å². The van der Waals surface area contributed by atoms with Crippen molar-refractivity contribution < 1.29 is 18.9 Å². The van der Waals surface area contributed by atoms with E-state index in [9.17, 15) is 4.57 Å². The van der Waals surface area contributed by atoms with E-state index < -0.39 is 13.4 Å². The summed E-state index contributed by atoms with van der Waals surface area (Å²) in [5, 5.41) is 3.11. The molecule has 1 atom stereocenters. The van der Waals surface area contributed by atoms with Crippen molar-refractivity contribution in [1.29, 1.82) is 0 Å². The molecule has 6 heteroatoms. The second-order valence-electron chi connectivity index (χ2n) is 7.41. The molecule has 1 rings (SSSR count). The van der Waals surface area contributed by atoms with E-state index in [0.717, 1.165) is 19.3 Å². The van der Waals surface area contributed by atoms with Gasteiger partial charge in [-0.05, 0) is 50.8 Å². The number of nitrogens with one attached hydrogen (secondary N) is 1. The van der Waals surface area contributed by atoms with E-state index in [0.29, 0.717) is 0 Å². The van der Waals surface area contributed by atoms with Gasteiger partial charge in [-0.15, -0.1) is 0 Å². The van der Waals surface area contributed by atoms with Crippen molar-refractivity contribution in [3.8, 4) is 0 Å². The standard InChI is InChI=1S/C20H36NO4P/c1-4-5-6-7-8-9-10-18-11-13-19(14-12-18)15-16-20(2,21-3)17-25-26(22,23)24/h11-14,21H,4-10,15-17H2,1-3H3,(H2,22,23,24). The molecule has 0 saturated carbocycles. The van der Waals surface area contributed by atoms with Crippen LogP contribution in [0.1, 0.15) is 69.9 Å². The fraction of sp³-hybridized carbons (Fsp3) is 0.700. The summed E-state index contributed by atoms with van der Waals surface area (Å²) >= 11 is 0. The van der Waals surface area contributed by atoms with Gasteiger partial charge in [0.25, 0.3) is 0 Å². The fourth-order valence-electron chi connectivity index (χ4n) is 2.90. The lowest BCUT2D eigenvalue weighted by Gasteiger charge is -2.29. The zero-order valence-corrected chi connectivity index (χ0v) is 17.4. The van der Waals surface area contributed by atoms with Gasteiger partial charge < -0.3 is 15.1 Å². The van der Waals surface area contributed by atoms with E-state index in [-0.39, 0.29) is 6.61 Å². The molecule has 0 fully saturated rings. The third kappa shape index (κ3) is 10.4. The molecule has 1 aromatic carbocycles. The van der Waals surface area contributed by atoms with Crippen molar-refractivity contribution >= 4 is 7.82 Å². The van der Waals surface area contributed by atoms with Gasteiger partial charge in [0.15, 0.2) is 0 Å². The molecule has 26 heavy (non-hydrogen) atoms. The van der Waals surface area contributed by atoms with Crippen LogP contribution < -0.4 is 5.32 Å². The van der Waals surface area contributed by atoms with Crippen molar-refractivity contribution in [1.82, 2.24) is 5.32 Å². The zero-order valence-electron chi connectivity index (χ0n) is 16.5. The van der Waals surface area contributed by atoms with Crippen molar-refractivity contribution in [2.45, 2.75) is 77.2 Å². The molecule has 0 amide bonds. The molecule has 0 aliphatic rings. The van der Waals surface area contributed by atoms with E-state index >= 15 is 0 Å². The molecule has 0 aromatic heterocycles. The lowest BCUT2D eigenvalue weighted by atomic mass is 9.93. The Balaban J connectivity index is 2.37. The number of likely N-dealkylation sites (N-methyl/N-ethyl adjacent to an activating group) is 1. The molecule has 5 nitrogen and oxygen atoms in total. The number of hydrogen-bond acceptors (Lipinski definition) is 3. The summed E-state index contributed by atoms with van der Waals surface area (Å²) in [5.74, 6) is 0. The fourth-order valence-corrected chi connectivity index (χ4v) is 3.35. The first kappa shape index (κ1) is 23.3. The highest BCUT2D eigenvalue weighted by Crippen LogP contribution is 2.37. The summed E-state index contributed by atoms with van der Waals surface area (Å²) in [7, 11) is -2.65. The van der Waals surface area contributed by atoms with Crippen LogP contribution in [-0.4, -0.2) is 29.0 Å². The normalized spacial score (nSPS) is 14.3. The smallest absolute Gasteiger partial charge is 0.312 e. The Morgan fingerprint density at radius 1 is 1.00 bits per heavy atom. The van der Waals surface area contributed by atoms with Gasteiger partial charge in [-0.2, -0.15) is 0 Å². The minimum Gasteiger partial charge on any atom is -0.312 e. The van der Waals surface area contributed by atoms with Crippen LogP contribution in [0.4, 0.5) is 0 Å². The number of hydrogen-bond donors (Lipinski definition) is 3. The molecule has 0 aliphatic carbocycles. The molecular formula is C20H36NO4P. The summed E-state index contributed by atoms with van der Waals surface area (Å²) in [4.78, 5) is 17.8. The van der Waals surface area contributed by atoms with Gasteiger partial charge in [-0.3, -0.25) is 4.52 Å². The first-order chi connectivity index (χ1) is 12.3. The Morgan fingerprint density at radius 2 is 1.54 bits per heavy atom. The Bertz CT molecular complexity index is 543. The van der Waals surface area contributed by atoms with Crippen molar-refractivity contribution in [2.75, 3.05) is 13.7 Å². The van der Waals surface area contributed by atoms with E-state index in [1.54, 1.807) is 7.05 Å². The zero-order chi connectivity index (χ0) is 19.5. The Labute approximate surface area is 158 Å². The summed E-state index contributed by atoms with van der Waals surface area (Å²) in [6, 6.07) is 8.72. The summed E-state index contributed by atoms with van der Waals surface area (Å²) in [5.41, 5.74) is 2.14. The van der Waals surface area contributed by atoms with Gasteiger partial charge in [0.2, 0.25) is 0 Å². The third-order valence-electron chi connectivity index (χ3n) is 4.96. The maximum atomic E-state index is 10.9. The number of benzene rings is 1. The van der Waals surface area contributed by atoms with Crippen LogP contribution in [0, 0.1) is 0 Å². The number of unbranched alkanes of at least 4 members (excludes halogenated alkanes) is 5. The highest BCUT2D eigenvalue weighted by Gasteiger charge is 2.26. The Kier molecular flexibility index (Phi) is 10.7. The summed E-state index contributed by atoms with van der Waals surface area (Å²) in [6.45, 7) is 4.13. The average Bonchev–Trinajstić information content (AvgIpc) is 2.61. The first-order valence-electron chi connectivity index (χ1n) is 9.75. The van der Waals surface area contributed by atoms with Gasteiger partial charge >= 0.3 is 7.82 Å². The lowest BCUT2D eigenvalue weighted by molar-refractivity contribution is 0.139. The molecule has 0 saturated heterocycles. The lowest BCUT2D eigenvalue weighted by Crippen LogP contribution is -2.44. The summed E-state index contributed by atoms with van der Waals surface area (Å²) < 4.78 is 15.6. The Morgan fingerprint density at radius 3 is 2.08 bits per heavy atom. The molecular weight excluding hydrogens is 349 g/mol. The highest BCUT2D eigenvalue weighted by molar-refractivity contribution is 7.46. The molecule has 150 valence electrons. The maximum Gasteiger partial charge on any atom is 0.469 e. The average molecular weight is 385 g/mol. The van der Waals surface area contributed by atoms with Gasteiger partial charge in [0.05, 0.1) is 6.61 Å². The molecule has 0 bridgehead atoms. The first-order valence-corrected chi connectivity index (χ1v) is 11.3. The minimum atomic E-state index is -4.44. The van der Waals surface area contributed by atoms with E-state index in [4.69, 9.17) is 9.79 Å². The van der Waals surface area contributed by atoms with Crippen LogP contribution in [-0.2, 0) is 21.9 Å². The van der Waals surface area contributed by atoms with Gasteiger partial charge in [-0.1, -0.05) is 63.3 Å². The minimum absolute atomic E-state index is 0.0239. The van der Waals surface area contributed by atoms with Crippen LogP contribution in [0.3, 0.4) is 0 Å². The number of phosphoric acid groups is 1.